The molecule has 1 atom stereocenters. The molecular formula is C7H12NO3+. The van der Waals surface area contributed by atoms with Crippen molar-refractivity contribution < 1.29 is 18.8 Å². The Morgan fingerprint density at radius 3 is 2.64 bits per heavy atom. The molecule has 0 saturated carbocycles. The van der Waals surface area contributed by atoms with Crippen LogP contribution in [0.3, 0.4) is 0 Å². The first kappa shape index (κ1) is 8.20. The third-order valence-corrected chi connectivity index (χ3v) is 1.88. The van der Waals surface area contributed by atoms with Gasteiger partial charge >= 0.3 is 12.4 Å². The first-order valence-electron chi connectivity index (χ1n) is 3.55. The fourth-order valence-electron chi connectivity index (χ4n) is 1.05. The van der Waals surface area contributed by atoms with Crippen molar-refractivity contribution in [2.45, 2.75) is 19.1 Å². The molecule has 62 valence electrons. The minimum absolute atomic E-state index is 0.103. The average molecular weight is 158 g/mol. The summed E-state index contributed by atoms with van der Waals surface area (Å²) in [5.74, 6) is -0.206. The zero-order valence-electron chi connectivity index (χ0n) is 6.74. The summed E-state index contributed by atoms with van der Waals surface area (Å²) in [5, 5.41) is 0. The number of cyclic esters (lactones) is 1. The van der Waals surface area contributed by atoms with Crippen LogP contribution in [-0.2, 0) is 14.3 Å². The normalized spacial score (nSPS) is 24.9. The molecule has 0 aromatic rings. The van der Waals surface area contributed by atoms with Gasteiger partial charge in [-0.25, -0.2) is 9.28 Å². The van der Waals surface area contributed by atoms with E-state index in [0.29, 0.717) is 12.8 Å². The highest BCUT2D eigenvalue weighted by atomic mass is 16.6. The van der Waals surface area contributed by atoms with Gasteiger partial charge in [-0.2, -0.15) is 0 Å². The molecule has 1 amide bonds. The molecule has 1 saturated heterocycles. The Balaban J connectivity index is 2.62. The predicted octanol–water partition coefficient (Wildman–Crippen LogP) is -0.118. The van der Waals surface area contributed by atoms with Crippen LogP contribution in [0.2, 0.25) is 0 Å². The molecule has 1 rings (SSSR count). The van der Waals surface area contributed by atoms with Gasteiger partial charge < -0.3 is 4.74 Å². The zero-order valence-corrected chi connectivity index (χ0v) is 6.74. The molecule has 4 nitrogen and oxygen atoms in total. The summed E-state index contributed by atoms with van der Waals surface area (Å²) >= 11 is 0. The summed E-state index contributed by atoms with van der Waals surface area (Å²) in [5.41, 5.74) is 0. The lowest BCUT2D eigenvalue weighted by Gasteiger charge is -2.26. The molecule has 1 unspecified atom stereocenters. The van der Waals surface area contributed by atoms with E-state index in [9.17, 15) is 9.59 Å². The Hall–Kier alpha value is -0.900. The van der Waals surface area contributed by atoms with Crippen molar-refractivity contribution in [1.82, 2.24) is 0 Å². The number of carbonyl (C=O) groups is 2. The standard InChI is InChI=1S/C7H12NO3/c1-8(2,5-9)6-3-4-7(10)11-6/h5-6H,3-4H2,1-2H3/q+1. The van der Waals surface area contributed by atoms with Gasteiger partial charge in [0.25, 0.3) is 0 Å². The number of amides is 1. The number of esters is 1. The van der Waals surface area contributed by atoms with Gasteiger partial charge in [-0.1, -0.05) is 0 Å². The average Bonchev–Trinajstić information content (AvgIpc) is 2.36. The van der Waals surface area contributed by atoms with Gasteiger partial charge in [-0.05, 0) is 0 Å². The molecule has 0 N–H and O–H groups in total. The number of quaternary nitrogens is 1. The third kappa shape index (κ3) is 1.57. The highest BCUT2D eigenvalue weighted by molar-refractivity contribution is 5.71. The lowest BCUT2D eigenvalue weighted by atomic mass is 10.3. The van der Waals surface area contributed by atoms with Gasteiger partial charge in [0, 0.05) is 6.42 Å². The van der Waals surface area contributed by atoms with E-state index in [-0.39, 0.29) is 16.7 Å². The van der Waals surface area contributed by atoms with Crippen LogP contribution in [0.25, 0.3) is 0 Å². The lowest BCUT2D eigenvalue weighted by Crippen LogP contribution is -2.47. The van der Waals surface area contributed by atoms with Crippen LogP contribution in [0, 0.1) is 0 Å². The highest BCUT2D eigenvalue weighted by Gasteiger charge is 2.36. The number of ether oxygens (including phenoxy) is 1. The molecule has 0 aromatic carbocycles. The molecule has 0 bridgehead atoms. The van der Waals surface area contributed by atoms with Gasteiger partial charge in [0.2, 0.25) is 6.23 Å². The number of nitrogens with zero attached hydrogens (tertiary/aromatic N) is 1. The van der Waals surface area contributed by atoms with E-state index < -0.39 is 0 Å². The first-order valence-corrected chi connectivity index (χ1v) is 3.55. The summed E-state index contributed by atoms with van der Waals surface area (Å²) in [4.78, 5) is 21.2. The minimum Gasteiger partial charge on any atom is -0.412 e. The van der Waals surface area contributed by atoms with Gasteiger partial charge in [0.05, 0.1) is 20.5 Å². The van der Waals surface area contributed by atoms with Crippen LogP contribution in [-0.4, -0.2) is 37.2 Å². The zero-order chi connectivity index (χ0) is 8.48. The van der Waals surface area contributed by atoms with Crippen LogP contribution in [0.15, 0.2) is 0 Å². The quantitative estimate of drug-likeness (QED) is 0.320. The van der Waals surface area contributed by atoms with Crippen LogP contribution in [0.1, 0.15) is 12.8 Å². The predicted molar refractivity (Wildman–Crippen MR) is 37.3 cm³/mol. The maximum Gasteiger partial charge on any atom is 0.310 e. The van der Waals surface area contributed by atoms with E-state index >= 15 is 0 Å². The first-order chi connectivity index (χ1) is 5.06. The molecule has 1 aliphatic rings. The van der Waals surface area contributed by atoms with E-state index in [1.54, 1.807) is 14.1 Å². The highest BCUT2D eigenvalue weighted by Crippen LogP contribution is 2.19. The third-order valence-electron chi connectivity index (χ3n) is 1.88. The molecule has 11 heavy (non-hydrogen) atoms. The van der Waals surface area contributed by atoms with Crippen LogP contribution in [0.4, 0.5) is 0 Å². The fourth-order valence-corrected chi connectivity index (χ4v) is 1.05. The second-order valence-electron chi connectivity index (χ2n) is 3.22. The Kier molecular flexibility index (Phi) is 1.95. The number of rotatable bonds is 2. The maximum absolute atomic E-state index is 10.7. The van der Waals surface area contributed by atoms with Crippen molar-refractivity contribution in [3.8, 4) is 0 Å². The molecule has 0 aromatic heterocycles. The molecule has 1 aliphatic heterocycles. The second-order valence-corrected chi connectivity index (χ2v) is 3.22. The monoisotopic (exact) mass is 158 g/mol. The summed E-state index contributed by atoms with van der Waals surface area (Å²) in [6.07, 6.45) is 1.58. The molecule has 1 heterocycles. The number of carbonyl (C=O) groups excluding carboxylic acids is 2. The van der Waals surface area contributed by atoms with Crippen molar-refractivity contribution in [3.05, 3.63) is 0 Å². The van der Waals surface area contributed by atoms with Crippen molar-refractivity contribution in [3.63, 3.8) is 0 Å². The van der Waals surface area contributed by atoms with E-state index in [1.807, 2.05) is 0 Å². The van der Waals surface area contributed by atoms with Crippen LogP contribution >= 0.6 is 0 Å². The van der Waals surface area contributed by atoms with Crippen molar-refractivity contribution in [1.29, 1.82) is 0 Å². The maximum atomic E-state index is 10.7. The minimum atomic E-state index is -0.278. The van der Waals surface area contributed by atoms with Crippen molar-refractivity contribution in [2.75, 3.05) is 14.1 Å². The molecular weight excluding hydrogens is 146 g/mol. The second kappa shape index (κ2) is 2.62. The van der Waals surface area contributed by atoms with Crippen molar-refractivity contribution >= 4 is 12.4 Å². The van der Waals surface area contributed by atoms with Gasteiger partial charge in [-0.3, -0.25) is 4.79 Å². The largest absolute Gasteiger partial charge is 0.412 e. The summed E-state index contributed by atoms with van der Waals surface area (Å²) in [6.45, 7) is 0. The summed E-state index contributed by atoms with van der Waals surface area (Å²) < 4.78 is 5.02. The Morgan fingerprint density at radius 2 is 2.27 bits per heavy atom. The van der Waals surface area contributed by atoms with Crippen molar-refractivity contribution in [2.24, 2.45) is 0 Å². The molecule has 0 radical (unpaired) electrons. The lowest BCUT2D eigenvalue weighted by molar-refractivity contribution is -0.853. The van der Waals surface area contributed by atoms with Gasteiger partial charge in [0.1, 0.15) is 0 Å². The van der Waals surface area contributed by atoms with E-state index in [0.717, 1.165) is 6.41 Å². The van der Waals surface area contributed by atoms with Crippen LogP contribution < -0.4 is 0 Å². The molecule has 0 aliphatic carbocycles. The summed E-state index contributed by atoms with van der Waals surface area (Å²) in [7, 11) is 3.44. The van der Waals surface area contributed by atoms with Crippen LogP contribution in [0.5, 0.6) is 0 Å². The Morgan fingerprint density at radius 1 is 1.64 bits per heavy atom. The topological polar surface area (TPSA) is 43.4 Å². The molecule has 0 spiro atoms. The Bertz CT molecular complexity index is 188. The fraction of sp³-hybridized carbons (Fsp3) is 0.714. The molecule has 4 heteroatoms. The number of hydrogen-bond donors (Lipinski definition) is 0. The van der Waals surface area contributed by atoms with Gasteiger partial charge in [0.15, 0.2) is 0 Å². The SMILES string of the molecule is C[N+](C)(C=O)C1CCC(=O)O1. The van der Waals surface area contributed by atoms with E-state index in [4.69, 9.17) is 4.74 Å². The molecule has 1 fully saturated rings. The summed E-state index contributed by atoms with van der Waals surface area (Å²) in [6, 6.07) is 0. The smallest absolute Gasteiger partial charge is 0.310 e. The van der Waals surface area contributed by atoms with E-state index in [1.165, 1.54) is 0 Å². The van der Waals surface area contributed by atoms with Gasteiger partial charge in [-0.15, -0.1) is 0 Å². The number of hydrogen-bond acceptors (Lipinski definition) is 3. The Labute approximate surface area is 65.3 Å². The van der Waals surface area contributed by atoms with E-state index in [2.05, 4.69) is 0 Å².